The number of esters is 1. The second-order valence-corrected chi connectivity index (χ2v) is 4.70. The van der Waals surface area contributed by atoms with Gasteiger partial charge in [-0.2, -0.15) is 0 Å². The summed E-state index contributed by atoms with van der Waals surface area (Å²) in [4.78, 5) is 15.9. The van der Waals surface area contributed by atoms with Gasteiger partial charge in [-0.15, -0.1) is 0 Å². The lowest BCUT2D eigenvalue weighted by molar-refractivity contribution is 0.0231. The quantitative estimate of drug-likeness (QED) is 0.804. The molecule has 0 aromatic carbocycles. The first kappa shape index (κ1) is 13.6. The predicted octanol–water partition coefficient (Wildman–Crippen LogP) is 1.43. The summed E-state index contributed by atoms with van der Waals surface area (Å²) in [5.41, 5.74) is 6.46. The Hall–Kier alpha value is -1.82. The van der Waals surface area contributed by atoms with Crippen molar-refractivity contribution in [3.63, 3.8) is 0 Å². The normalized spacial score (nSPS) is 22.8. The first-order chi connectivity index (χ1) is 9.10. The Morgan fingerprint density at radius 1 is 1.63 bits per heavy atom. The number of aromatic nitrogens is 1. The van der Waals surface area contributed by atoms with Crippen molar-refractivity contribution in [3.8, 4) is 0 Å². The van der Waals surface area contributed by atoms with Gasteiger partial charge in [-0.1, -0.05) is 0 Å². The van der Waals surface area contributed by atoms with Crippen molar-refractivity contribution in [1.29, 1.82) is 0 Å². The van der Waals surface area contributed by atoms with Gasteiger partial charge in [0.25, 0.3) is 0 Å². The molecule has 0 radical (unpaired) electrons. The van der Waals surface area contributed by atoms with Crippen LogP contribution >= 0.6 is 0 Å². The summed E-state index contributed by atoms with van der Waals surface area (Å²) >= 11 is 0. The molecule has 1 aromatic rings. The monoisotopic (exact) mass is 265 g/mol. The summed E-state index contributed by atoms with van der Waals surface area (Å²) in [5, 5.41) is 3.27. The van der Waals surface area contributed by atoms with Crippen LogP contribution in [0.2, 0.25) is 0 Å². The highest BCUT2D eigenvalue weighted by Crippen LogP contribution is 2.22. The lowest BCUT2D eigenvalue weighted by Crippen LogP contribution is -2.33. The summed E-state index contributed by atoms with van der Waals surface area (Å²) < 4.78 is 10.2. The lowest BCUT2D eigenvalue weighted by atomic mass is 10.0. The zero-order valence-corrected chi connectivity index (χ0v) is 11.2. The molecule has 2 heterocycles. The fourth-order valence-corrected chi connectivity index (χ4v) is 2.18. The summed E-state index contributed by atoms with van der Waals surface area (Å²) in [5.74, 6) is 0.0718. The van der Waals surface area contributed by atoms with Gasteiger partial charge in [-0.25, -0.2) is 9.78 Å². The number of rotatable bonds is 3. The fraction of sp³-hybridized carbons (Fsp3) is 0.538. The van der Waals surface area contributed by atoms with E-state index in [0.717, 1.165) is 12.8 Å². The molecule has 0 saturated carbocycles. The van der Waals surface area contributed by atoms with E-state index in [2.05, 4.69) is 10.3 Å². The molecule has 1 saturated heterocycles. The molecule has 1 aliphatic heterocycles. The third-order valence-electron chi connectivity index (χ3n) is 3.14. The average Bonchev–Trinajstić information content (AvgIpc) is 2.40. The largest absolute Gasteiger partial charge is 0.465 e. The van der Waals surface area contributed by atoms with Gasteiger partial charge in [0.15, 0.2) is 0 Å². The third-order valence-corrected chi connectivity index (χ3v) is 3.14. The Morgan fingerprint density at radius 3 is 3.11 bits per heavy atom. The summed E-state index contributed by atoms with van der Waals surface area (Å²) in [6.07, 6.45) is 3.50. The zero-order chi connectivity index (χ0) is 13.8. The molecular formula is C13H19N3O3. The summed E-state index contributed by atoms with van der Waals surface area (Å²) in [7, 11) is 1.34. The van der Waals surface area contributed by atoms with Crippen LogP contribution in [0.1, 0.15) is 30.1 Å². The third kappa shape index (κ3) is 3.35. The molecule has 2 atom stereocenters. The molecular weight excluding hydrogens is 246 g/mol. The van der Waals surface area contributed by atoms with Crippen LogP contribution in [0.15, 0.2) is 12.3 Å². The van der Waals surface area contributed by atoms with E-state index in [4.69, 9.17) is 15.2 Å². The molecule has 1 aromatic heterocycles. The Kier molecular flexibility index (Phi) is 4.21. The van der Waals surface area contributed by atoms with E-state index in [1.807, 2.05) is 6.92 Å². The average molecular weight is 265 g/mol. The summed E-state index contributed by atoms with van der Waals surface area (Å²) in [6, 6.07) is 1.81. The second kappa shape index (κ2) is 5.88. The minimum atomic E-state index is -0.442. The highest BCUT2D eigenvalue weighted by molar-refractivity contribution is 5.95. The van der Waals surface area contributed by atoms with Crippen molar-refractivity contribution in [2.75, 3.05) is 24.8 Å². The first-order valence-corrected chi connectivity index (χ1v) is 6.32. The standard InChI is InChI=1S/C13H19N3O3/c1-8-5-10(3-4-19-8)16-12-11(13(17)18-2)6-9(14)7-15-12/h6-8,10H,3-5,14H2,1-2H3,(H,15,16). The van der Waals surface area contributed by atoms with Gasteiger partial charge in [-0.05, 0) is 25.8 Å². The van der Waals surface area contributed by atoms with Gasteiger partial charge >= 0.3 is 5.97 Å². The van der Waals surface area contributed by atoms with Crippen LogP contribution in [0.4, 0.5) is 11.5 Å². The predicted molar refractivity (Wildman–Crippen MR) is 72.0 cm³/mol. The molecule has 6 nitrogen and oxygen atoms in total. The van der Waals surface area contributed by atoms with Gasteiger partial charge in [0.2, 0.25) is 0 Å². The van der Waals surface area contributed by atoms with E-state index >= 15 is 0 Å². The molecule has 2 unspecified atom stereocenters. The zero-order valence-electron chi connectivity index (χ0n) is 11.2. The maximum atomic E-state index is 11.7. The van der Waals surface area contributed by atoms with Crippen LogP contribution in [0.3, 0.4) is 0 Å². The van der Waals surface area contributed by atoms with Crippen LogP contribution in [0.5, 0.6) is 0 Å². The molecule has 3 N–H and O–H groups in total. The molecule has 2 rings (SSSR count). The summed E-state index contributed by atoms with van der Waals surface area (Å²) in [6.45, 7) is 2.74. The molecule has 104 valence electrons. The number of hydrogen-bond acceptors (Lipinski definition) is 6. The smallest absolute Gasteiger partial charge is 0.341 e. The number of nitrogens with one attached hydrogen (secondary N) is 1. The van der Waals surface area contributed by atoms with Crippen molar-refractivity contribution in [1.82, 2.24) is 4.98 Å². The second-order valence-electron chi connectivity index (χ2n) is 4.70. The van der Waals surface area contributed by atoms with Crippen molar-refractivity contribution < 1.29 is 14.3 Å². The highest BCUT2D eigenvalue weighted by atomic mass is 16.5. The number of pyridine rings is 1. The van der Waals surface area contributed by atoms with Gasteiger partial charge in [0.1, 0.15) is 11.4 Å². The number of nitrogens with two attached hydrogens (primary N) is 1. The Morgan fingerprint density at radius 2 is 2.42 bits per heavy atom. The lowest BCUT2D eigenvalue weighted by Gasteiger charge is -2.28. The highest BCUT2D eigenvalue weighted by Gasteiger charge is 2.22. The minimum absolute atomic E-state index is 0.210. The molecule has 19 heavy (non-hydrogen) atoms. The van der Waals surface area contributed by atoms with Gasteiger partial charge in [-0.3, -0.25) is 0 Å². The van der Waals surface area contributed by atoms with E-state index in [1.165, 1.54) is 13.3 Å². The van der Waals surface area contributed by atoms with Crippen LogP contribution in [0, 0.1) is 0 Å². The number of anilines is 2. The Labute approximate surface area is 112 Å². The van der Waals surface area contributed by atoms with E-state index in [1.54, 1.807) is 6.07 Å². The van der Waals surface area contributed by atoms with Crippen molar-refractivity contribution in [2.24, 2.45) is 0 Å². The maximum Gasteiger partial charge on any atom is 0.341 e. The first-order valence-electron chi connectivity index (χ1n) is 6.32. The van der Waals surface area contributed by atoms with Crippen molar-refractivity contribution in [3.05, 3.63) is 17.8 Å². The molecule has 0 aliphatic carbocycles. The van der Waals surface area contributed by atoms with Gasteiger partial charge < -0.3 is 20.5 Å². The van der Waals surface area contributed by atoms with E-state index in [9.17, 15) is 4.79 Å². The SMILES string of the molecule is COC(=O)c1cc(N)cnc1NC1CCOC(C)C1. The van der Waals surface area contributed by atoms with Crippen molar-refractivity contribution >= 4 is 17.5 Å². The molecule has 0 spiro atoms. The molecule has 6 heteroatoms. The van der Waals surface area contributed by atoms with E-state index in [-0.39, 0.29) is 12.1 Å². The van der Waals surface area contributed by atoms with E-state index < -0.39 is 5.97 Å². The Balaban J connectivity index is 2.17. The van der Waals surface area contributed by atoms with E-state index in [0.29, 0.717) is 23.7 Å². The van der Waals surface area contributed by atoms with Crippen LogP contribution in [-0.4, -0.2) is 36.8 Å². The van der Waals surface area contributed by atoms with Crippen LogP contribution < -0.4 is 11.1 Å². The number of methoxy groups -OCH3 is 1. The molecule has 0 amide bonds. The van der Waals surface area contributed by atoms with Gasteiger partial charge in [0, 0.05) is 12.6 Å². The molecule has 0 bridgehead atoms. The minimum Gasteiger partial charge on any atom is -0.465 e. The topological polar surface area (TPSA) is 86.5 Å². The van der Waals surface area contributed by atoms with Gasteiger partial charge in [0.05, 0.1) is 25.1 Å². The van der Waals surface area contributed by atoms with Crippen LogP contribution in [-0.2, 0) is 9.47 Å². The molecule has 1 fully saturated rings. The number of nitrogen functional groups attached to an aromatic ring is 1. The molecule has 1 aliphatic rings. The van der Waals surface area contributed by atoms with Crippen molar-refractivity contribution in [2.45, 2.75) is 31.9 Å². The maximum absolute atomic E-state index is 11.7. The fourth-order valence-electron chi connectivity index (χ4n) is 2.18. The number of hydrogen-bond donors (Lipinski definition) is 2. The number of carbonyl (C=O) groups excluding carboxylic acids is 1. The van der Waals surface area contributed by atoms with Crippen LogP contribution in [0.25, 0.3) is 0 Å². The number of carbonyl (C=O) groups is 1. The number of ether oxygens (including phenoxy) is 2. The number of nitrogens with zero attached hydrogens (tertiary/aromatic N) is 1. The Bertz CT molecular complexity index is 464.